The van der Waals surface area contributed by atoms with Crippen molar-refractivity contribution < 1.29 is 4.79 Å². The number of nitrogens with zero attached hydrogens (tertiary/aromatic N) is 1. The topological polar surface area (TPSA) is 54.0 Å². The van der Waals surface area contributed by atoms with E-state index in [9.17, 15) is 4.79 Å². The molecule has 0 aliphatic rings. The van der Waals surface area contributed by atoms with E-state index < -0.39 is 0 Å². The van der Waals surface area contributed by atoms with Gasteiger partial charge in [0.25, 0.3) is 5.91 Å². The summed E-state index contributed by atoms with van der Waals surface area (Å²) in [6.45, 7) is 7.10. The summed E-state index contributed by atoms with van der Waals surface area (Å²) in [6.07, 6.45) is 1.69. The first-order valence-electron chi connectivity index (χ1n) is 9.08. The van der Waals surface area contributed by atoms with Gasteiger partial charge < -0.3 is 10.6 Å². The SMILES string of the molecule is CC(C)(C)c1ccccc1NC(=O)c1ccc(NCc2ccccc2)cn1. The predicted molar refractivity (Wildman–Crippen MR) is 111 cm³/mol. The summed E-state index contributed by atoms with van der Waals surface area (Å²) in [4.78, 5) is 16.9. The van der Waals surface area contributed by atoms with Gasteiger partial charge in [-0.1, -0.05) is 69.3 Å². The van der Waals surface area contributed by atoms with Crippen molar-refractivity contribution in [3.8, 4) is 0 Å². The molecule has 27 heavy (non-hydrogen) atoms. The van der Waals surface area contributed by atoms with Crippen LogP contribution < -0.4 is 10.6 Å². The predicted octanol–water partition coefficient (Wildman–Crippen LogP) is 5.24. The monoisotopic (exact) mass is 359 g/mol. The van der Waals surface area contributed by atoms with Crippen molar-refractivity contribution in [2.75, 3.05) is 10.6 Å². The number of pyridine rings is 1. The number of carbonyl (C=O) groups is 1. The molecule has 0 unspecified atom stereocenters. The second-order valence-corrected chi connectivity index (χ2v) is 7.52. The Hall–Kier alpha value is -3.14. The standard InChI is InChI=1S/C23H25N3O/c1-23(2,3)19-11-7-8-12-20(19)26-22(27)21-14-13-18(16-25-21)24-15-17-9-5-4-6-10-17/h4-14,16,24H,15H2,1-3H3,(H,26,27). The van der Waals surface area contributed by atoms with Crippen LogP contribution in [0.4, 0.5) is 11.4 Å². The average molecular weight is 359 g/mol. The third-order valence-electron chi connectivity index (χ3n) is 4.32. The molecule has 3 rings (SSSR count). The zero-order valence-electron chi connectivity index (χ0n) is 16.0. The highest BCUT2D eigenvalue weighted by Crippen LogP contribution is 2.29. The van der Waals surface area contributed by atoms with Gasteiger partial charge in [0.15, 0.2) is 0 Å². The first kappa shape index (κ1) is 18.6. The maximum absolute atomic E-state index is 12.6. The van der Waals surface area contributed by atoms with E-state index in [1.807, 2.05) is 48.5 Å². The molecular weight excluding hydrogens is 334 g/mol. The molecule has 0 saturated carbocycles. The highest BCUT2D eigenvalue weighted by Gasteiger charge is 2.19. The highest BCUT2D eigenvalue weighted by molar-refractivity contribution is 6.03. The third-order valence-corrected chi connectivity index (χ3v) is 4.32. The van der Waals surface area contributed by atoms with Gasteiger partial charge in [-0.05, 0) is 34.7 Å². The van der Waals surface area contributed by atoms with E-state index in [0.717, 1.165) is 16.9 Å². The molecular formula is C23H25N3O. The summed E-state index contributed by atoms with van der Waals surface area (Å²) in [6, 6.07) is 21.6. The maximum atomic E-state index is 12.6. The minimum atomic E-state index is -0.207. The first-order valence-corrected chi connectivity index (χ1v) is 9.08. The fourth-order valence-corrected chi connectivity index (χ4v) is 2.87. The number of hydrogen-bond acceptors (Lipinski definition) is 3. The van der Waals surface area contributed by atoms with E-state index in [4.69, 9.17) is 0 Å². The normalized spacial score (nSPS) is 11.1. The number of benzene rings is 2. The lowest BCUT2D eigenvalue weighted by Crippen LogP contribution is -2.19. The molecule has 1 aromatic heterocycles. The minimum absolute atomic E-state index is 0.0531. The van der Waals surface area contributed by atoms with Crippen molar-refractivity contribution >= 4 is 17.3 Å². The van der Waals surface area contributed by atoms with Crippen LogP contribution >= 0.6 is 0 Å². The lowest BCUT2D eigenvalue weighted by molar-refractivity contribution is 0.102. The van der Waals surface area contributed by atoms with Crippen molar-refractivity contribution in [2.24, 2.45) is 0 Å². The highest BCUT2D eigenvalue weighted by atomic mass is 16.1. The Bertz CT molecular complexity index is 897. The van der Waals surface area contributed by atoms with Crippen molar-refractivity contribution in [2.45, 2.75) is 32.7 Å². The molecule has 0 bridgehead atoms. The van der Waals surface area contributed by atoms with Crippen LogP contribution in [0.1, 0.15) is 42.4 Å². The molecule has 0 saturated heterocycles. The lowest BCUT2D eigenvalue weighted by atomic mass is 9.86. The summed E-state index contributed by atoms with van der Waals surface area (Å²) < 4.78 is 0. The number of amides is 1. The molecule has 4 nitrogen and oxygen atoms in total. The van der Waals surface area contributed by atoms with E-state index in [0.29, 0.717) is 12.2 Å². The van der Waals surface area contributed by atoms with Gasteiger partial charge in [-0.2, -0.15) is 0 Å². The Labute approximate surface area is 160 Å². The molecule has 3 aromatic rings. The van der Waals surface area contributed by atoms with E-state index in [1.54, 1.807) is 12.3 Å². The van der Waals surface area contributed by atoms with Crippen molar-refractivity contribution in [3.63, 3.8) is 0 Å². The number of rotatable bonds is 5. The Morgan fingerprint density at radius 1 is 0.926 bits per heavy atom. The van der Waals surface area contributed by atoms with E-state index >= 15 is 0 Å². The second-order valence-electron chi connectivity index (χ2n) is 7.52. The molecule has 138 valence electrons. The van der Waals surface area contributed by atoms with Crippen LogP contribution in [-0.2, 0) is 12.0 Å². The molecule has 0 fully saturated rings. The molecule has 4 heteroatoms. The summed E-state index contributed by atoms with van der Waals surface area (Å²) >= 11 is 0. The Morgan fingerprint density at radius 3 is 2.30 bits per heavy atom. The lowest BCUT2D eigenvalue weighted by Gasteiger charge is -2.22. The fourth-order valence-electron chi connectivity index (χ4n) is 2.87. The first-order chi connectivity index (χ1) is 12.9. The average Bonchev–Trinajstić information content (AvgIpc) is 2.67. The largest absolute Gasteiger partial charge is 0.380 e. The number of aromatic nitrogens is 1. The van der Waals surface area contributed by atoms with Crippen LogP contribution in [0, 0.1) is 0 Å². The molecule has 0 aliphatic carbocycles. The Morgan fingerprint density at radius 2 is 1.63 bits per heavy atom. The van der Waals surface area contributed by atoms with E-state index in [-0.39, 0.29) is 11.3 Å². The summed E-state index contributed by atoms with van der Waals surface area (Å²) in [5, 5.41) is 6.30. The van der Waals surface area contributed by atoms with Gasteiger partial charge in [0.05, 0.1) is 11.9 Å². The van der Waals surface area contributed by atoms with Gasteiger partial charge in [0.2, 0.25) is 0 Å². The molecule has 0 spiro atoms. The van der Waals surface area contributed by atoms with E-state index in [2.05, 4.69) is 48.5 Å². The summed E-state index contributed by atoms with van der Waals surface area (Å²) in [7, 11) is 0. The molecule has 0 aliphatic heterocycles. The van der Waals surface area contributed by atoms with Crippen molar-refractivity contribution in [1.29, 1.82) is 0 Å². The maximum Gasteiger partial charge on any atom is 0.274 e. The van der Waals surface area contributed by atoms with Crippen molar-refractivity contribution in [1.82, 2.24) is 4.98 Å². The summed E-state index contributed by atoms with van der Waals surface area (Å²) in [5.74, 6) is -0.207. The Kier molecular flexibility index (Phi) is 5.55. The number of carbonyl (C=O) groups excluding carboxylic acids is 1. The zero-order valence-corrected chi connectivity index (χ0v) is 16.0. The van der Waals surface area contributed by atoms with Gasteiger partial charge in [0.1, 0.15) is 5.69 Å². The third kappa shape index (κ3) is 4.94. The van der Waals surface area contributed by atoms with Gasteiger partial charge in [-0.3, -0.25) is 4.79 Å². The van der Waals surface area contributed by atoms with Crippen LogP contribution in [0.2, 0.25) is 0 Å². The molecule has 1 heterocycles. The van der Waals surface area contributed by atoms with Gasteiger partial charge >= 0.3 is 0 Å². The molecule has 0 atom stereocenters. The van der Waals surface area contributed by atoms with Gasteiger partial charge in [0, 0.05) is 12.2 Å². The number of hydrogen-bond donors (Lipinski definition) is 2. The minimum Gasteiger partial charge on any atom is -0.380 e. The smallest absolute Gasteiger partial charge is 0.274 e. The van der Waals surface area contributed by atoms with Gasteiger partial charge in [-0.15, -0.1) is 0 Å². The summed E-state index contributed by atoms with van der Waals surface area (Å²) in [5.41, 5.74) is 4.33. The zero-order chi connectivity index (χ0) is 19.3. The second kappa shape index (κ2) is 8.04. The van der Waals surface area contributed by atoms with Crippen LogP contribution in [-0.4, -0.2) is 10.9 Å². The van der Waals surface area contributed by atoms with Crippen molar-refractivity contribution in [3.05, 3.63) is 89.7 Å². The fraction of sp³-hybridized carbons (Fsp3) is 0.217. The van der Waals surface area contributed by atoms with Crippen LogP contribution in [0.15, 0.2) is 72.9 Å². The quantitative estimate of drug-likeness (QED) is 0.655. The van der Waals surface area contributed by atoms with Crippen LogP contribution in [0.3, 0.4) is 0 Å². The number of anilines is 2. The van der Waals surface area contributed by atoms with Gasteiger partial charge in [-0.25, -0.2) is 4.98 Å². The molecule has 1 amide bonds. The number of nitrogens with one attached hydrogen (secondary N) is 2. The molecule has 2 N–H and O–H groups in total. The van der Waals surface area contributed by atoms with E-state index in [1.165, 1.54) is 5.56 Å². The molecule has 2 aromatic carbocycles. The van der Waals surface area contributed by atoms with Crippen LogP contribution in [0.5, 0.6) is 0 Å². The molecule has 0 radical (unpaired) electrons. The number of para-hydroxylation sites is 1. The Balaban J connectivity index is 1.66. The van der Waals surface area contributed by atoms with Crippen LogP contribution in [0.25, 0.3) is 0 Å².